The van der Waals surface area contributed by atoms with Crippen molar-refractivity contribution in [2.75, 3.05) is 26.2 Å². The topological polar surface area (TPSA) is 83.5 Å². The minimum absolute atomic E-state index is 0. The van der Waals surface area contributed by atoms with Crippen molar-refractivity contribution in [2.45, 2.75) is 26.1 Å². The summed E-state index contributed by atoms with van der Waals surface area (Å²) in [6, 6.07) is 0. The SMILES string of the molecule is CCOC(C)c1ncc(C(=O)NCC2CNCC2O)s1.Cl.Cl. The van der Waals surface area contributed by atoms with Crippen LogP contribution in [0.5, 0.6) is 0 Å². The summed E-state index contributed by atoms with van der Waals surface area (Å²) in [4.78, 5) is 16.8. The molecule has 0 radical (unpaired) electrons. The van der Waals surface area contributed by atoms with Gasteiger partial charge in [-0.2, -0.15) is 0 Å². The predicted octanol–water partition coefficient (Wildman–Crippen LogP) is 1.39. The van der Waals surface area contributed by atoms with Crippen LogP contribution in [0.1, 0.15) is 34.6 Å². The molecule has 1 aliphatic heterocycles. The molecule has 2 heterocycles. The van der Waals surface area contributed by atoms with Crippen LogP contribution in [0.4, 0.5) is 0 Å². The number of ether oxygens (including phenoxy) is 1. The Morgan fingerprint density at radius 2 is 2.32 bits per heavy atom. The number of nitrogens with zero attached hydrogens (tertiary/aromatic N) is 1. The highest BCUT2D eigenvalue weighted by atomic mass is 35.5. The van der Waals surface area contributed by atoms with Gasteiger partial charge in [0.1, 0.15) is 16.0 Å². The number of halogens is 2. The number of carbonyl (C=O) groups is 1. The summed E-state index contributed by atoms with van der Waals surface area (Å²) in [5, 5.41) is 16.4. The minimum Gasteiger partial charge on any atom is -0.391 e. The Bertz CT molecular complexity index is 461. The normalized spacial score (nSPS) is 21.6. The lowest BCUT2D eigenvalue weighted by atomic mass is 10.1. The molecule has 0 aliphatic carbocycles. The maximum absolute atomic E-state index is 12.0. The second-order valence-corrected chi connectivity index (χ2v) is 5.92. The van der Waals surface area contributed by atoms with Gasteiger partial charge >= 0.3 is 0 Å². The summed E-state index contributed by atoms with van der Waals surface area (Å²) in [5.74, 6) is -0.0646. The van der Waals surface area contributed by atoms with E-state index in [1.807, 2.05) is 13.8 Å². The number of nitrogens with one attached hydrogen (secondary N) is 2. The van der Waals surface area contributed by atoms with Crippen molar-refractivity contribution in [1.82, 2.24) is 15.6 Å². The van der Waals surface area contributed by atoms with Gasteiger partial charge < -0.3 is 20.5 Å². The monoisotopic (exact) mass is 371 g/mol. The van der Waals surface area contributed by atoms with Crippen molar-refractivity contribution in [3.8, 4) is 0 Å². The summed E-state index contributed by atoms with van der Waals surface area (Å²) in [5.41, 5.74) is 0. The van der Waals surface area contributed by atoms with Gasteiger partial charge in [-0.1, -0.05) is 0 Å². The van der Waals surface area contributed by atoms with E-state index in [0.29, 0.717) is 24.6 Å². The molecule has 1 aromatic rings. The first kappa shape index (κ1) is 21.6. The van der Waals surface area contributed by atoms with Gasteiger partial charge in [-0.25, -0.2) is 4.98 Å². The van der Waals surface area contributed by atoms with Crippen LogP contribution in [-0.4, -0.2) is 48.3 Å². The van der Waals surface area contributed by atoms with Gasteiger partial charge in [-0.05, 0) is 13.8 Å². The molecule has 1 saturated heterocycles. The third-order valence-electron chi connectivity index (χ3n) is 3.34. The fourth-order valence-electron chi connectivity index (χ4n) is 2.14. The van der Waals surface area contributed by atoms with Crippen LogP contribution in [0, 0.1) is 5.92 Å². The number of rotatable bonds is 6. The van der Waals surface area contributed by atoms with Crippen molar-refractivity contribution in [3.63, 3.8) is 0 Å². The van der Waals surface area contributed by atoms with E-state index < -0.39 is 0 Å². The zero-order chi connectivity index (χ0) is 14.5. The second kappa shape index (κ2) is 10.4. The van der Waals surface area contributed by atoms with Gasteiger partial charge in [0.15, 0.2) is 0 Å². The molecule has 0 spiro atoms. The fourth-order valence-corrected chi connectivity index (χ4v) is 2.98. The zero-order valence-electron chi connectivity index (χ0n) is 12.6. The van der Waals surface area contributed by atoms with Crippen LogP contribution in [0.3, 0.4) is 0 Å². The van der Waals surface area contributed by atoms with Gasteiger partial charge in [-0.3, -0.25) is 4.79 Å². The van der Waals surface area contributed by atoms with Crippen molar-refractivity contribution in [3.05, 3.63) is 16.1 Å². The Morgan fingerprint density at radius 3 is 2.91 bits per heavy atom. The first-order chi connectivity index (χ1) is 9.61. The van der Waals surface area contributed by atoms with E-state index in [1.54, 1.807) is 6.20 Å². The van der Waals surface area contributed by atoms with Gasteiger partial charge in [0, 0.05) is 32.2 Å². The van der Waals surface area contributed by atoms with Crippen LogP contribution in [0.25, 0.3) is 0 Å². The first-order valence-electron chi connectivity index (χ1n) is 6.86. The molecule has 9 heteroatoms. The van der Waals surface area contributed by atoms with Crippen LogP contribution in [-0.2, 0) is 4.74 Å². The average molecular weight is 372 g/mol. The lowest BCUT2D eigenvalue weighted by Gasteiger charge is -2.13. The van der Waals surface area contributed by atoms with Gasteiger partial charge in [0.2, 0.25) is 0 Å². The molecule has 22 heavy (non-hydrogen) atoms. The highest BCUT2D eigenvalue weighted by Gasteiger charge is 2.25. The van der Waals surface area contributed by atoms with Crippen LogP contribution in [0.15, 0.2) is 6.20 Å². The number of thiazole rings is 1. The lowest BCUT2D eigenvalue weighted by Crippen LogP contribution is -2.34. The van der Waals surface area contributed by atoms with Crippen LogP contribution in [0.2, 0.25) is 0 Å². The first-order valence-corrected chi connectivity index (χ1v) is 7.67. The second-order valence-electron chi connectivity index (χ2n) is 4.86. The maximum atomic E-state index is 12.0. The van der Waals surface area contributed by atoms with Crippen LogP contribution < -0.4 is 10.6 Å². The Balaban J connectivity index is 0.00000220. The van der Waals surface area contributed by atoms with E-state index in [-0.39, 0.29) is 48.8 Å². The number of aliphatic hydroxyl groups excluding tert-OH is 1. The van der Waals surface area contributed by atoms with Crippen molar-refractivity contribution >= 4 is 42.1 Å². The van der Waals surface area contributed by atoms with E-state index in [1.165, 1.54) is 11.3 Å². The van der Waals surface area contributed by atoms with Gasteiger partial charge in [-0.15, -0.1) is 36.2 Å². The smallest absolute Gasteiger partial charge is 0.263 e. The number of hydrogen-bond acceptors (Lipinski definition) is 6. The largest absolute Gasteiger partial charge is 0.391 e. The Kier molecular flexibility index (Phi) is 10.1. The predicted molar refractivity (Wildman–Crippen MR) is 91.4 cm³/mol. The summed E-state index contributed by atoms with van der Waals surface area (Å²) in [6.07, 6.45) is 1.10. The molecule has 1 fully saturated rings. The molecule has 1 aromatic heterocycles. The highest BCUT2D eigenvalue weighted by Crippen LogP contribution is 2.22. The molecule has 128 valence electrons. The van der Waals surface area contributed by atoms with E-state index in [2.05, 4.69) is 15.6 Å². The Hall–Kier alpha value is -0.440. The summed E-state index contributed by atoms with van der Waals surface area (Å²) in [7, 11) is 0. The van der Waals surface area contributed by atoms with E-state index in [9.17, 15) is 9.90 Å². The Morgan fingerprint density at radius 1 is 1.59 bits per heavy atom. The number of β-amino-alcohol motifs (C(OH)–C–C–N with tert-alkyl or cyclic N) is 1. The van der Waals surface area contributed by atoms with Crippen molar-refractivity contribution in [2.24, 2.45) is 5.92 Å². The third-order valence-corrected chi connectivity index (χ3v) is 4.50. The molecule has 2 rings (SSSR count). The number of aromatic nitrogens is 1. The molecule has 1 amide bonds. The van der Waals surface area contributed by atoms with E-state index >= 15 is 0 Å². The van der Waals surface area contributed by atoms with Crippen molar-refractivity contribution in [1.29, 1.82) is 0 Å². The molecule has 0 bridgehead atoms. The zero-order valence-corrected chi connectivity index (χ0v) is 15.0. The molecule has 1 aliphatic rings. The standard InChI is InChI=1S/C13H21N3O3S.2ClH/c1-3-19-8(2)13-16-7-11(20-13)12(18)15-5-9-4-14-6-10(9)17;;/h7-10,14,17H,3-6H2,1-2H3,(H,15,18);2*1H. The van der Waals surface area contributed by atoms with Gasteiger partial charge in [0.05, 0.1) is 12.3 Å². The quantitative estimate of drug-likeness (QED) is 0.703. The lowest BCUT2D eigenvalue weighted by molar-refractivity contribution is 0.0762. The highest BCUT2D eigenvalue weighted by molar-refractivity contribution is 7.13. The minimum atomic E-state index is -0.384. The van der Waals surface area contributed by atoms with Crippen molar-refractivity contribution < 1.29 is 14.6 Å². The number of aliphatic hydroxyl groups is 1. The molecular formula is C13H23Cl2N3O3S. The summed E-state index contributed by atoms with van der Waals surface area (Å²) < 4.78 is 5.45. The third kappa shape index (κ3) is 5.64. The number of hydrogen-bond donors (Lipinski definition) is 3. The molecular weight excluding hydrogens is 349 g/mol. The molecule has 3 unspecified atom stereocenters. The molecule has 3 N–H and O–H groups in total. The summed E-state index contributed by atoms with van der Waals surface area (Å²) >= 11 is 1.35. The molecule has 3 atom stereocenters. The van der Waals surface area contributed by atoms with Gasteiger partial charge in [0.25, 0.3) is 5.91 Å². The Labute approximate surface area is 146 Å². The number of carbonyl (C=O) groups excluding carboxylic acids is 1. The molecule has 0 aromatic carbocycles. The molecule has 6 nitrogen and oxygen atoms in total. The fraction of sp³-hybridized carbons (Fsp3) is 0.692. The maximum Gasteiger partial charge on any atom is 0.263 e. The van der Waals surface area contributed by atoms with Crippen LogP contribution >= 0.6 is 36.2 Å². The van der Waals surface area contributed by atoms with E-state index in [4.69, 9.17) is 4.74 Å². The average Bonchev–Trinajstić information content (AvgIpc) is 3.05. The summed E-state index contributed by atoms with van der Waals surface area (Å²) in [6.45, 7) is 6.27. The van der Waals surface area contributed by atoms with E-state index in [0.717, 1.165) is 11.6 Å². The number of amides is 1. The molecule has 0 saturated carbocycles.